The molecule has 8 N–H and O–H groups in total. The summed E-state index contributed by atoms with van der Waals surface area (Å²) in [6.07, 6.45) is 0.210. The number of nitrogens with two attached hydrogens (primary N) is 2. The van der Waals surface area contributed by atoms with E-state index in [2.05, 4.69) is 0 Å². The predicted octanol–water partition coefficient (Wildman–Crippen LogP) is 1.16. The summed E-state index contributed by atoms with van der Waals surface area (Å²) < 4.78 is 0. The van der Waals surface area contributed by atoms with Crippen molar-refractivity contribution < 1.29 is 34.8 Å². The molecule has 1 saturated carbocycles. The van der Waals surface area contributed by atoms with E-state index in [4.69, 9.17) is 11.5 Å². The molecule has 3 aliphatic carbocycles. The van der Waals surface area contributed by atoms with Crippen molar-refractivity contribution in [2.75, 3.05) is 33.1 Å². The van der Waals surface area contributed by atoms with Crippen molar-refractivity contribution in [2.45, 2.75) is 31.0 Å². The fraction of sp³-hybridized carbons (Fsp3) is 0.367. The minimum atomic E-state index is -2.68. The fourth-order valence-electron chi connectivity index (χ4n) is 6.72. The first-order valence-electron chi connectivity index (χ1n) is 13.3. The number of carbonyl (C=O) groups excluding carboxylic acids is 3. The number of carbonyl (C=O) groups is 3. The number of ketones is 2. The summed E-state index contributed by atoms with van der Waals surface area (Å²) >= 11 is 0. The smallest absolute Gasteiger partial charge is 0.255 e. The van der Waals surface area contributed by atoms with Crippen molar-refractivity contribution in [2.24, 2.45) is 23.3 Å². The Morgan fingerprint density at radius 1 is 1.07 bits per heavy atom. The van der Waals surface area contributed by atoms with Crippen molar-refractivity contribution in [1.82, 2.24) is 4.90 Å². The number of likely N-dealkylation sites (N-methyl/N-ethyl adjacent to an activating group) is 1. The first kappa shape index (κ1) is 28.3. The highest BCUT2D eigenvalue weighted by atomic mass is 16.3. The number of fused-ring (bicyclic) bond motifs is 3. The fourth-order valence-corrected chi connectivity index (χ4v) is 6.72. The molecule has 4 atom stereocenters. The highest BCUT2D eigenvalue weighted by molar-refractivity contribution is 6.24. The number of phenolic OH excluding ortho intramolecular Hbond substituents is 1. The number of Topliss-reactive ketones (excluding diaryl/α,β-unsaturated/α-hetero) is 2. The summed E-state index contributed by atoms with van der Waals surface area (Å²) in [7, 11) is 6.97. The van der Waals surface area contributed by atoms with Crippen LogP contribution in [0.3, 0.4) is 0 Å². The second kappa shape index (κ2) is 9.72. The Morgan fingerprint density at radius 2 is 1.71 bits per heavy atom. The monoisotopic (exact) mass is 562 g/mol. The van der Waals surface area contributed by atoms with Crippen molar-refractivity contribution in [3.05, 3.63) is 63.9 Å². The lowest BCUT2D eigenvalue weighted by Crippen LogP contribution is -2.65. The van der Waals surface area contributed by atoms with Gasteiger partial charge in [0.2, 0.25) is 5.78 Å². The van der Waals surface area contributed by atoms with Crippen molar-refractivity contribution in [3.8, 4) is 16.9 Å². The molecule has 0 radical (unpaired) electrons. The van der Waals surface area contributed by atoms with Crippen LogP contribution in [-0.2, 0) is 27.3 Å². The van der Waals surface area contributed by atoms with Crippen LogP contribution in [-0.4, -0.2) is 82.6 Å². The molecule has 3 aliphatic rings. The normalized spacial score (nSPS) is 25.7. The van der Waals surface area contributed by atoms with Crippen LogP contribution in [0.15, 0.2) is 47.2 Å². The van der Waals surface area contributed by atoms with Crippen LogP contribution >= 0.6 is 0 Å². The first-order chi connectivity index (χ1) is 19.2. The summed E-state index contributed by atoms with van der Waals surface area (Å²) in [6, 6.07) is 8.33. The Morgan fingerprint density at radius 3 is 2.24 bits per heavy atom. The summed E-state index contributed by atoms with van der Waals surface area (Å²) in [6.45, 7) is -0.0496. The molecule has 0 aromatic heterocycles. The molecule has 0 bridgehead atoms. The molecule has 0 spiro atoms. The van der Waals surface area contributed by atoms with Gasteiger partial charge in [0.15, 0.2) is 11.4 Å². The van der Waals surface area contributed by atoms with Gasteiger partial charge in [0, 0.05) is 43.4 Å². The van der Waals surface area contributed by atoms with E-state index < -0.39 is 58.0 Å². The Bertz CT molecular complexity index is 1560. The number of rotatable bonds is 5. The lowest BCUT2D eigenvalue weighted by Gasteiger charge is -2.50. The number of hydrogen-bond acceptors (Lipinski definition) is 10. The van der Waals surface area contributed by atoms with Crippen molar-refractivity contribution >= 4 is 28.9 Å². The zero-order valence-corrected chi connectivity index (χ0v) is 23.3. The number of aromatic hydroxyl groups is 1. The molecule has 41 heavy (non-hydrogen) atoms. The molecule has 0 heterocycles. The predicted molar refractivity (Wildman–Crippen MR) is 152 cm³/mol. The molecule has 0 saturated heterocycles. The van der Waals surface area contributed by atoms with Gasteiger partial charge >= 0.3 is 0 Å². The van der Waals surface area contributed by atoms with Crippen LogP contribution in [0.1, 0.15) is 23.1 Å². The van der Waals surface area contributed by atoms with Crippen LogP contribution in [0.25, 0.3) is 16.9 Å². The van der Waals surface area contributed by atoms with Gasteiger partial charge in [0.1, 0.15) is 22.8 Å². The van der Waals surface area contributed by atoms with Gasteiger partial charge in [-0.25, -0.2) is 0 Å². The molecule has 1 amide bonds. The Balaban J connectivity index is 1.75. The second-order valence-electron chi connectivity index (χ2n) is 11.4. The number of amides is 1. The van der Waals surface area contributed by atoms with Crippen LogP contribution in [0, 0.1) is 11.8 Å². The summed E-state index contributed by atoms with van der Waals surface area (Å²) in [5.41, 5.74) is 11.0. The summed E-state index contributed by atoms with van der Waals surface area (Å²) in [5, 5.41) is 45.5. The third kappa shape index (κ3) is 3.95. The van der Waals surface area contributed by atoms with E-state index in [9.17, 15) is 34.8 Å². The first-order valence-corrected chi connectivity index (χ1v) is 13.3. The maximum Gasteiger partial charge on any atom is 0.255 e. The SMILES string of the molecule is CN(C)c1ccc(-c2cc(CN)c(O)c3c2C[C@@H]2C[C@@H]4[C@@H](N(C)C)C(=O)C(C(N)=O)=C(O)[C@]4(O)C(=O)C2=C3O)cc1. The minimum absolute atomic E-state index is 0.0180. The average molecular weight is 563 g/mol. The van der Waals surface area contributed by atoms with Gasteiger partial charge < -0.3 is 36.8 Å². The molecule has 216 valence electrons. The standard InChI is InChI=1S/C30H34N4O7/c1-33(2)16-7-5-13(6-8-16)17-10-15(12-31)24(35)21-18(17)9-14-11-19-23(34(3)4)26(37)22(29(32)40)28(39)30(19,41)27(38)20(14)25(21)36/h5-8,10,14,19,23,35-36,39,41H,9,11-12,31H2,1-4H3,(H2,32,40)/t14-,19-,23-,30-/m1/s1. The molecular weight excluding hydrogens is 528 g/mol. The van der Waals surface area contributed by atoms with E-state index in [-0.39, 0.29) is 36.3 Å². The van der Waals surface area contributed by atoms with Gasteiger partial charge in [-0.05, 0) is 67.7 Å². The number of aliphatic hydroxyl groups excluding tert-OH is 2. The number of anilines is 1. The van der Waals surface area contributed by atoms with E-state index in [0.717, 1.165) is 11.3 Å². The number of primary amides is 1. The lowest BCUT2D eigenvalue weighted by atomic mass is 9.57. The van der Waals surface area contributed by atoms with Gasteiger partial charge in [-0.2, -0.15) is 0 Å². The summed E-state index contributed by atoms with van der Waals surface area (Å²) in [5.74, 6) is -6.86. The van der Waals surface area contributed by atoms with E-state index in [1.165, 1.54) is 4.90 Å². The molecule has 0 unspecified atom stereocenters. The highest BCUT2D eigenvalue weighted by Gasteiger charge is 2.64. The molecule has 0 aliphatic heterocycles. The number of phenols is 1. The lowest BCUT2D eigenvalue weighted by molar-refractivity contribution is -0.153. The third-order valence-corrected chi connectivity index (χ3v) is 8.71. The maximum atomic E-state index is 14.1. The van der Waals surface area contributed by atoms with Crippen LogP contribution in [0.5, 0.6) is 5.75 Å². The second-order valence-corrected chi connectivity index (χ2v) is 11.4. The Hall–Kier alpha value is -4.19. The largest absolute Gasteiger partial charge is 0.508 e. The molecule has 2 aromatic rings. The van der Waals surface area contributed by atoms with Gasteiger partial charge in [-0.1, -0.05) is 12.1 Å². The maximum absolute atomic E-state index is 14.1. The molecular formula is C30H34N4O7. The number of benzene rings is 2. The molecule has 11 heteroatoms. The zero-order valence-electron chi connectivity index (χ0n) is 23.3. The number of hydrogen-bond donors (Lipinski definition) is 6. The number of aliphatic hydroxyl groups is 3. The van der Waals surface area contributed by atoms with Crippen LogP contribution in [0.2, 0.25) is 0 Å². The van der Waals surface area contributed by atoms with Crippen molar-refractivity contribution in [3.63, 3.8) is 0 Å². The Labute approximate surface area is 237 Å². The highest BCUT2D eigenvalue weighted by Crippen LogP contribution is 2.54. The van der Waals surface area contributed by atoms with Crippen LogP contribution < -0.4 is 16.4 Å². The topological polar surface area (TPSA) is 191 Å². The number of nitrogens with zero attached hydrogens (tertiary/aromatic N) is 2. The van der Waals surface area contributed by atoms with Gasteiger partial charge in [-0.15, -0.1) is 0 Å². The quantitative estimate of drug-likeness (QED) is 0.288. The average Bonchev–Trinajstić information content (AvgIpc) is 2.90. The van der Waals surface area contributed by atoms with E-state index >= 15 is 0 Å². The van der Waals surface area contributed by atoms with E-state index in [0.29, 0.717) is 16.7 Å². The van der Waals surface area contributed by atoms with Gasteiger partial charge in [0.05, 0.1) is 11.6 Å². The van der Waals surface area contributed by atoms with Crippen molar-refractivity contribution in [1.29, 1.82) is 0 Å². The molecule has 2 aromatic carbocycles. The summed E-state index contributed by atoms with van der Waals surface area (Å²) in [4.78, 5) is 42.9. The van der Waals surface area contributed by atoms with Gasteiger partial charge in [0.25, 0.3) is 5.91 Å². The van der Waals surface area contributed by atoms with Crippen LogP contribution in [0.4, 0.5) is 5.69 Å². The third-order valence-electron chi connectivity index (χ3n) is 8.71. The molecule has 5 rings (SSSR count). The Kier molecular flexibility index (Phi) is 6.72. The van der Waals surface area contributed by atoms with E-state index in [1.807, 2.05) is 43.3 Å². The molecule has 11 nitrogen and oxygen atoms in total. The zero-order chi connectivity index (χ0) is 30.1. The van der Waals surface area contributed by atoms with E-state index in [1.54, 1.807) is 20.2 Å². The van der Waals surface area contributed by atoms with Gasteiger partial charge in [-0.3, -0.25) is 19.3 Å². The molecule has 1 fully saturated rings. The minimum Gasteiger partial charge on any atom is -0.508 e.